The quantitative estimate of drug-likeness (QED) is 0.786. The lowest BCUT2D eigenvalue weighted by molar-refractivity contribution is 0.0694. The average Bonchev–Trinajstić information content (AvgIpc) is 2.28. The van der Waals surface area contributed by atoms with Crippen LogP contribution >= 0.6 is 0 Å². The third-order valence-corrected chi connectivity index (χ3v) is 2.96. The van der Waals surface area contributed by atoms with E-state index in [0.29, 0.717) is 5.56 Å². The summed E-state index contributed by atoms with van der Waals surface area (Å²) in [5.74, 6) is -0.825. The summed E-state index contributed by atoms with van der Waals surface area (Å²) in [7, 11) is 0. The molecule has 2 rings (SSSR count). The Bertz CT molecular complexity index is 426. The highest BCUT2D eigenvalue weighted by molar-refractivity contribution is 5.89. The van der Waals surface area contributed by atoms with E-state index in [-0.39, 0.29) is 0 Å². The molecule has 3 nitrogen and oxygen atoms in total. The van der Waals surface area contributed by atoms with Crippen molar-refractivity contribution in [1.82, 2.24) is 4.90 Å². The molecular formula is C13H15NO2. The smallest absolute Gasteiger partial charge is 0.335 e. The summed E-state index contributed by atoms with van der Waals surface area (Å²) in [5, 5.41) is 9.08. The normalized spacial score (nSPS) is 15.5. The molecule has 1 aliphatic rings. The van der Waals surface area contributed by atoms with Crippen molar-refractivity contribution < 1.29 is 9.90 Å². The van der Waals surface area contributed by atoms with Crippen LogP contribution in [-0.2, 0) is 13.0 Å². The predicted molar refractivity (Wildman–Crippen MR) is 62.6 cm³/mol. The highest BCUT2D eigenvalue weighted by atomic mass is 16.4. The van der Waals surface area contributed by atoms with Gasteiger partial charge >= 0.3 is 5.97 Å². The van der Waals surface area contributed by atoms with Crippen LogP contribution in [0.15, 0.2) is 30.9 Å². The molecule has 0 aromatic heterocycles. The topological polar surface area (TPSA) is 40.5 Å². The lowest BCUT2D eigenvalue weighted by atomic mass is 9.94. The molecule has 0 aliphatic carbocycles. The van der Waals surface area contributed by atoms with E-state index in [1.165, 1.54) is 0 Å². The Labute approximate surface area is 95.0 Å². The first-order valence-corrected chi connectivity index (χ1v) is 5.39. The third kappa shape index (κ3) is 1.99. The van der Waals surface area contributed by atoms with Crippen molar-refractivity contribution in [3.05, 3.63) is 47.5 Å². The van der Waals surface area contributed by atoms with Crippen LogP contribution in [0.3, 0.4) is 0 Å². The van der Waals surface area contributed by atoms with Crippen LogP contribution in [0, 0.1) is 0 Å². The minimum atomic E-state index is -0.825. The van der Waals surface area contributed by atoms with Crippen molar-refractivity contribution in [2.45, 2.75) is 13.0 Å². The molecule has 0 unspecified atom stereocenters. The molecule has 84 valence electrons. The maximum atomic E-state index is 11.1. The molecule has 0 radical (unpaired) electrons. The second-order valence-electron chi connectivity index (χ2n) is 4.02. The zero-order chi connectivity index (χ0) is 11.5. The minimum Gasteiger partial charge on any atom is -0.478 e. The highest BCUT2D eigenvalue weighted by Gasteiger charge is 2.20. The van der Waals surface area contributed by atoms with Crippen molar-refractivity contribution in [2.24, 2.45) is 0 Å². The first-order valence-electron chi connectivity index (χ1n) is 5.39. The first kappa shape index (κ1) is 10.9. The molecule has 16 heavy (non-hydrogen) atoms. The molecule has 0 fully saturated rings. The summed E-state index contributed by atoms with van der Waals surface area (Å²) in [6.07, 6.45) is 2.69. The van der Waals surface area contributed by atoms with Crippen molar-refractivity contribution in [3.63, 3.8) is 0 Å². The van der Waals surface area contributed by atoms with Gasteiger partial charge in [-0.2, -0.15) is 0 Å². The number of carboxylic acid groups (broad SMARTS) is 1. The van der Waals surface area contributed by atoms with Crippen LogP contribution in [0.4, 0.5) is 0 Å². The fraction of sp³-hybridized carbons (Fsp3) is 0.308. The fourth-order valence-electron chi connectivity index (χ4n) is 2.21. The second-order valence-corrected chi connectivity index (χ2v) is 4.02. The summed E-state index contributed by atoms with van der Waals surface area (Å²) < 4.78 is 0. The van der Waals surface area contributed by atoms with Gasteiger partial charge in [-0.15, -0.1) is 6.58 Å². The van der Waals surface area contributed by atoms with Crippen molar-refractivity contribution in [2.75, 3.05) is 13.1 Å². The molecule has 0 amide bonds. The first-order chi connectivity index (χ1) is 7.72. The van der Waals surface area contributed by atoms with E-state index < -0.39 is 5.97 Å². The van der Waals surface area contributed by atoms with Gasteiger partial charge in [-0.1, -0.05) is 18.2 Å². The number of rotatable bonds is 3. The minimum absolute atomic E-state index is 0.454. The van der Waals surface area contributed by atoms with E-state index in [2.05, 4.69) is 11.5 Å². The summed E-state index contributed by atoms with van der Waals surface area (Å²) in [5.41, 5.74) is 2.58. The zero-order valence-corrected chi connectivity index (χ0v) is 9.15. The van der Waals surface area contributed by atoms with Gasteiger partial charge < -0.3 is 5.11 Å². The molecule has 1 heterocycles. The number of aromatic carboxylic acids is 1. The van der Waals surface area contributed by atoms with E-state index >= 15 is 0 Å². The van der Waals surface area contributed by atoms with Crippen molar-refractivity contribution in [1.29, 1.82) is 0 Å². The molecule has 1 aliphatic heterocycles. The summed E-state index contributed by atoms with van der Waals surface area (Å²) >= 11 is 0. The number of benzene rings is 1. The molecule has 0 saturated carbocycles. The van der Waals surface area contributed by atoms with Crippen LogP contribution < -0.4 is 0 Å². The van der Waals surface area contributed by atoms with Crippen LogP contribution in [0.5, 0.6) is 0 Å². The van der Waals surface area contributed by atoms with Gasteiger partial charge in [0.2, 0.25) is 0 Å². The maximum Gasteiger partial charge on any atom is 0.335 e. The van der Waals surface area contributed by atoms with E-state index in [1.54, 1.807) is 6.07 Å². The van der Waals surface area contributed by atoms with Crippen molar-refractivity contribution in [3.8, 4) is 0 Å². The Morgan fingerprint density at radius 1 is 1.56 bits per heavy atom. The van der Waals surface area contributed by atoms with E-state index in [1.807, 2.05) is 18.2 Å². The van der Waals surface area contributed by atoms with Crippen LogP contribution in [0.2, 0.25) is 0 Å². The molecule has 0 atom stereocenters. The summed E-state index contributed by atoms with van der Waals surface area (Å²) in [4.78, 5) is 13.3. The number of carbonyl (C=O) groups is 1. The second kappa shape index (κ2) is 4.49. The fourth-order valence-corrected chi connectivity index (χ4v) is 2.21. The molecular weight excluding hydrogens is 202 g/mol. The number of fused-ring (bicyclic) bond motifs is 1. The largest absolute Gasteiger partial charge is 0.478 e. The van der Waals surface area contributed by atoms with Gasteiger partial charge in [0.25, 0.3) is 0 Å². The lowest BCUT2D eigenvalue weighted by Crippen LogP contribution is -2.31. The lowest BCUT2D eigenvalue weighted by Gasteiger charge is -2.28. The molecule has 1 N–H and O–H groups in total. The Morgan fingerprint density at radius 3 is 3.06 bits per heavy atom. The predicted octanol–water partition coefficient (Wildman–Crippen LogP) is 1.93. The average molecular weight is 217 g/mol. The number of hydrogen-bond donors (Lipinski definition) is 1. The number of carboxylic acids is 1. The van der Waals surface area contributed by atoms with Gasteiger partial charge in [0, 0.05) is 19.6 Å². The highest BCUT2D eigenvalue weighted by Crippen LogP contribution is 2.22. The maximum absolute atomic E-state index is 11.1. The molecule has 0 saturated heterocycles. The third-order valence-electron chi connectivity index (χ3n) is 2.96. The Hall–Kier alpha value is -1.61. The molecule has 1 aromatic carbocycles. The molecule has 0 spiro atoms. The zero-order valence-electron chi connectivity index (χ0n) is 9.15. The Morgan fingerprint density at radius 2 is 2.38 bits per heavy atom. The van der Waals surface area contributed by atoms with Gasteiger partial charge in [-0.25, -0.2) is 4.79 Å². The van der Waals surface area contributed by atoms with Gasteiger partial charge in [0.1, 0.15) is 0 Å². The number of hydrogen-bond acceptors (Lipinski definition) is 2. The van der Waals surface area contributed by atoms with Gasteiger partial charge in [0.05, 0.1) is 5.56 Å². The standard InChI is InChI=1S/C13H15NO2/c1-2-7-14-8-6-11-10(9-14)4-3-5-12(11)13(15)16/h2-5H,1,6-9H2,(H,15,16). The van der Waals surface area contributed by atoms with Gasteiger partial charge in [-0.05, 0) is 23.6 Å². The SMILES string of the molecule is C=CCN1CCc2c(cccc2C(=O)O)C1. The van der Waals surface area contributed by atoms with Gasteiger partial charge in [-0.3, -0.25) is 4.90 Å². The van der Waals surface area contributed by atoms with Crippen LogP contribution in [0.25, 0.3) is 0 Å². The van der Waals surface area contributed by atoms with Crippen molar-refractivity contribution >= 4 is 5.97 Å². The molecule has 1 aromatic rings. The van der Waals surface area contributed by atoms with E-state index in [9.17, 15) is 4.79 Å². The van der Waals surface area contributed by atoms with Crippen LogP contribution in [0.1, 0.15) is 21.5 Å². The molecule has 3 heteroatoms. The van der Waals surface area contributed by atoms with Gasteiger partial charge in [0.15, 0.2) is 0 Å². The summed E-state index contributed by atoms with van der Waals surface area (Å²) in [6.45, 7) is 6.31. The monoisotopic (exact) mass is 217 g/mol. The Kier molecular flexibility index (Phi) is 3.06. The summed E-state index contributed by atoms with van der Waals surface area (Å²) in [6, 6.07) is 5.51. The van der Waals surface area contributed by atoms with Crippen LogP contribution in [-0.4, -0.2) is 29.1 Å². The van der Waals surface area contributed by atoms with E-state index in [4.69, 9.17) is 5.11 Å². The van der Waals surface area contributed by atoms with E-state index in [0.717, 1.165) is 37.2 Å². The number of nitrogens with zero attached hydrogens (tertiary/aromatic N) is 1. The Balaban J connectivity index is 2.30. The molecule has 0 bridgehead atoms.